The van der Waals surface area contributed by atoms with Gasteiger partial charge in [-0.25, -0.2) is 5.48 Å². The minimum Gasteiger partial charge on any atom is -0.481 e. The maximum absolute atomic E-state index is 12.8. The van der Waals surface area contributed by atoms with Crippen LogP contribution < -0.4 is 5.48 Å². The van der Waals surface area contributed by atoms with E-state index in [4.69, 9.17) is 9.57 Å². The number of amides is 1. The van der Waals surface area contributed by atoms with Crippen molar-refractivity contribution in [1.82, 2.24) is 5.48 Å². The first-order chi connectivity index (χ1) is 14.6. The second-order valence-corrected chi connectivity index (χ2v) is 7.29. The molecule has 2 aromatic carbocycles. The van der Waals surface area contributed by atoms with Gasteiger partial charge in [0, 0.05) is 0 Å². The molecule has 0 aliphatic heterocycles. The number of nitrogens with one attached hydrogen (secondary N) is 1. The zero-order valence-electron chi connectivity index (χ0n) is 17.5. The van der Waals surface area contributed by atoms with Gasteiger partial charge in [0.15, 0.2) is 0 Å². The lowest BCUT2D eigenvalue weighted by Crippen LogP contribution is -2.40. The number of hydrogen-bond acceptors (Lipinski definition) is 4. The van der Waals surface area contributed by atoms with Crippen molar-refractivity contribution in [3.8, 4) is 0 Å². The minimum absolute atomic E-state index is 0.0124. The third-order valence-electron chi connectivity index (χ3n) is 4.92. The fourth-order valence-corrected chi connectivity index (χ4v) is 3.20. The fourth-order valence-electron chi connectivity index (χ4n) is 3.20. The second-order valence-electron chi connectivity index (χ2n) is 7.29. The van der Waals surface area contributed by atoms with Gasteiger partial charge in [0.1, 0.15) is 0 Å². The molecular formula is C24H31NO5. The van der Waals surface area contributed by atoms with Gasteiger partial charge in [0.05, 0.1) is 31.7 Å². The summed E-state index contributed by atoms with van der Waals surface area (Å²) in [5.41, 5.74) is 4.30. The molecule has 0 bridgehead atoms. The van der Waals surface area contributed by atoms with Crippen LogP contribution in [0.3, 0.4) is 0 Å². The molecule has 2 N–H and O–H groups in total. The Morgan fingerprint density at radius 3 is 2.07 bits per heavy atom. The summed E-state index contributed by atoms with van der Waals surface area (Å²) >= 11 is 0. The van der Waals surface area contributed by atoms with Crippen LogP contribution in [0.1, 0.15) is 43.7 Å². The molecule has 0 saturated carbocycles. The predicted molar refractivity (Wildman–Crippen MR) is 114 cm³/mol. The monoisotopic (exact) mass is 413 g/mol. The molecule has 6 nitrogen and oxygen atoms in total. The number of benzene rings is 2. The lowest BCUT2D eigenvalue weighted by Gasteiger charge is -2.23. The van der Waals surface area contributed by atoms with E-state index in [1.54, 1.807) is 0 Å². The second kappa shape index (κ2) is 13.5. The van der Waals surface area contributed by atoms with Crippen LogP contribution in [0.4, 0.5) is 0 Å². The highest BCUT2D eigenvalue weighted by molar-refractivity contribution is 5.84. The summed E-state index contributed by atoms with van der Waals surface area (Å²) in [7, 11) is 0. The molecule has 6 heteroatoms. The van der Waals surface area contributed by atoms with E-state index in [9.17, 15) is 14.7 Å². The molecule has 0 unspecified atom stereocenters. The van der Waals surface area contributed by atoms with Crippen LogP contribution in [0.5, 0.6) is 0 Å². The van der Waals surface area contributed by atoms with Gasteiger partial charge in [-0.2, -0.15) is 0 Å². The maximum Gasteiger partial charge on any atom is 0.307 e. The molecule has 0 aliphatic carbocycles. The molecular weight excluding hydrogens is 382 g/mol. The molecule has 30 heavy (non-hydrogen) atoms. The number of unbranched alkanes of at least 4 members (excludes halogenated alkanes) is 2. The first-order valence-corrected chi connectivity index (χ1v) is 10.4. The molecule has 2 aromatic rings. The summed E-state index contributed by atoms with van der Waals surface area (Å²) < 4.78 is 5.73. The molecule has 0 fully saturated rings. The summed E-state index contributed by atoms with van der Waals surface area (Å²) in [5.74, 6) is -3.12. The first kappa shape index (κ1) is 23.6. The highest BCUT2D eigenvalue weighted by Gasteiger charge is 2.34. The number of ether oxygens (including phenoxy) is 1. The van der Waals surface area contributed by atoms with Crippen LogP contribution in [0.25, 0.3) is 0 Å². The summed E-state index contributed by atoms with van der Waals surface area (Å²) in [5, 5.41) is 9.74. The maximum atomic E-state index is 12.8. The summed E-state index contributed by atoms with van der Waals surface area (Å²) in [6.07, 6.45) is 3.08. The number of rotatable bonds is 14. The minimum atomic E-state index is -0.988. The van der Waals surface area contributed by atoms with Crippen molar-refractivity contribution in [1.29, 1.82) is 0 Å². The number of hydroxylamine groups is 1. The molecule has 0 radical (unpaired) electrons. The van der Waals surface area contributed by atoms with E-state index < -0.39 is 23.7 Å². The Balaban J connectivity index is 1.97. The quantitative estimate of drug-likeness (QED) is 0.355. The summed E-state index contributed by atoms with van der Waals surface area (Å²) in [6, 6.07) is 19.0. The Bertz CT molecular complexity index is 751. The van der Waals surface area contributed by atoms with Gasteiger partial charge in [-0.05, 0) is 17.5 Å². The molecule has 0 aromatic heterocycles. The zero-order chi connectivity index (χ0) is 21.6. The molecule has 2 atom stereocenters. The van der Waals surface area contributed by atoms with Gasteiger partial charge in [0.2, 0.25) is 5.91 Å². The Hall–Kier alpha value is -2.70. The van der Waals surface area contributed by atoms with E-state index in [0.717, 1.165) is 30.4 Å². The van der Waals surface area contributed by atoms with Crippen LogP contribution in [0.15, 0.2) is 60.7 Å². The van der Waals surface area contributed by atoms with Crippen molar-refractivity contribution in [2.75, 3.05) is 6.61 Å². The third kappa shape index (κ3) is 8.35. The average Bonchev–Trinajstić information content (AvgIpc) is 2.76. The highest BCUT2D eigenvalue weighted by atomic mass is 16.7. The van der Waals surface area contributed by atoms with Crippen molar-refractivity contribution < 1.29 is 24.3 Å². The van der Waals surface area contributed by atoms with Crippen LogP contribution >= 0.6 is 0 Å². The number of carboxylic acids is 1. The van der Waals surface area contributed by atoms with Gasteiger partial charge >= 0.3 is 5.97 Å². The topological polar surface area (TPSA) is 84.9 Å². The van der Waals surface area contributed by atoms with Crippen molar-refractivity contribution in [2.45, 2.75) is 45.8 Å². The number of carboxylic acid groups (broad SMARTS) is 1. The van der Waals surface area contributed by atoms with E-state index in [1.807, 2.05) is 60.7 Å². The lowest BCUT2D eigenvalue weighted by atomic mass is 9.87. The molecule has 2 rings (SSSR count). The normalized spacial score (nSPS) is 12.8. The molecule has 0 aliphatic rings. The van der Waals surface area contributed by atoms with E-state index in [1.165, 1.54) is 0 Å². The van der Waals surface area contributed by atoms with Crippen molar-refractivity contribution in [3.63, 3.8) is 0 Å². The standard InChI is InChI=1S/C24H31NO5/c1-2-3-6-15-21(24(27)28)22(18-29-16-19-11-7-4-8-12-19)23(26)25-30-17-20-13-9-5-10-14-20/h4-5,7-14,21-22H,2-3,6,15-18H2,1H3,(H,25,26)(H,27,28)/t21-,22-/m1/s1. The number of aliphatic carboxylic acids is 1. The summed E-state index contributed by atoms with van der Waals surface area (Å²) in [6.45, 7) is 2.59. The molecule has 1 amide bonds. The SMILES string of the molecule is CCCCC[C@@H](C(=O)O)[C@@H](COCc1ccccc1)C(=O)NOCc1ccccc1. The Labute approximate surface area is 178 Å². The molecule has 0 spiro atoms. The number of carbonyl (C=O) groups excluding carboxylic acids is 1. The molecule has 0 saturated heterocycles. The van der Waals surface area contributed by atoms with Gasteiger partial charge in [0.25, 0.3) is 0 Å². The Morgan fingerprint density at radius 1 is 0.900 bits per heavy atom. The van der Waals surface area contributed by atoms with Crippen molar-refractivity contribution in [3.05, 3.63) is 71.8 Å². The van der Waals surface area contributed by atoms with Gasteiger partial charge in [-0.1, -0.05) is 86.8 Å². The predicted octanol–water partition coefficient (Wildman–Crippen LogP) is 4.35. The highest BCUT2D eigenvalue weighted by Crippen LogP contribution is 2.22. The lowest BCUT2D eigenvalue weighted by molar-refractivity contribution is -0.154. The Morgan fingerprint density at radius 2 is 1.50 bits per heavy atom. The van der Waals surface area contributed by atoms with E-state index in [0.29, 0.717) is 13.0 Å². The van der Waals surface area contributed by atoms with E-state index in [2.05, 4.69) is 12.4 Å². The number of hydrogen-bond donors (Lipinski definition) is 2. The van der Waals surface area contributed by atoms with Gasteiger partial charge < -0.3 is 9.84 Å². The van der Waals surface area contributed by atoms with Crippen LogP contribution in [0, 0.1) is 11.8 Å². The van der Waals surface area contributed by atoms with Crippen molar-refractivity contribution >= 4 is 11.9 Å². The van der Waals surface area contributed by atoms with E-state index in [-0.39, 0.29) is 13.2 Å². The smallest absolute Gasteiger partial charge is 0.307 e. The van der Waals surface area contributed by atoms with Crippen molar-refractivity contribution in [2.24, 2.45) is 11.8 Å². The van der Waals surface area contributed by atoms with Gasteiger partial charge in [-0.15, -0.1) is 0 Å². The number of carbonyl (C=O) groups is 2. The summed E-state index contributed by atoms with van der Waals surface area (Å²) in [4.78, 5) is 30.0. The third-order valence-corrected chi connectivity index (χ3v) is 4.92. The molecule has 162 valence electrons. The van der Waals surface area contributed by atoms with Crippen LogP contribution in [0.2, 0.25) is 0 Å². The van der Waals surface area contributed by atoms with Gasteiger partial charge in [-0.3, -0.25) is 14.4 Å². The Kier molecular flexibility index (Phi) is 10.6. The molecule has 0 heterocycles. The van der Waals surface area contributed by atoms with Crippen LogP contribution in [-0.4, -0.2) is 23.6 Å². The first-order valence-electron chi connectivity index (χ1n) is 10.4. The zero-order valence-corrected chi connectivity index (χ0v) is 17.5. The van der Waals surface area contributed by atoms with E-state index >= 15 is 0 Å². The average molecular weight is 414 g/mol. The fraction of sp³-hybridized carbons (Fsp3) is 0.417. The largest absolute Gasteiger partial charge is 0.481 e. The van der Waals surface area contributed by atoms with Crippen LogP contribution in [-0.2, 0) is 32.4 Å².